The van der Waals surface area contributed by atoms with Gasteiger partial charge in [-0.15, -0.1) is 0 Å². The van der Waals surface area contributed by atoms with E-state index >= 15 is 0 Å². The van der Waals surface area contributed by atoms with Crippen LogP contribution in [0.1, 0.15) is 24.3 Å². The van der Waals surface area contributed by atoms with Crippen LogP contribution in [0.15, 0.2) is 47.0 Å². The van der Waals surface area contributed by atoms with Gasteiger partial charge in [0.15, 0.2) is 0 Å². The van der Waals surface area contributed by atoms with E-state index in [0.29, 0.717) is 46.4 Å². The summed E-state index contributed by atoms with van der Waals surface area (Å²) in [7, 11) is 0. The average molecular weight is 540 g/mol. The van der Waals surface area contributed by atoms with Gasteiger partial charge in [0.1, 0.15) is 0 Å². The highest BCUT2D eigenvalue weighted by Gasteiger charge is 2.26. The van der Waals surface area contributed by atoms with Crippen LogP contribution in [0, 0.1) is 5.92 Å². The summed E-state index contributed by atoms with van der Waals surface area (Å²) in [4.78, 5) is 19.4. The van der Waals surface area contributed by atoms with Crippen LogP contribution in [0.2, 0.25) is 15.1 Å². The fraction of sp³-hybridized carbons (Fsp3) is 0.375. The summed E-state index contributed by atoms with van der Waals surface area (Å²) in [5, 5.41) is 9.07. The Morgan fingerprint density at radius 3 is 2.85 bits per heavy atom. The second-order valence-corrected chi connectivity index (χ2v) is 10.6. The summed E-state index contributed by atoms with van der Waals surface area (Å²) in [5.74, 6) is 2.70. The van der Waals surface area contributed by atoms with Crippen LogP contribution in [0.4, 0.5) is 0 Å². The summed E-state index contributed by atoms with van der Waals surface area (Å²) < 4.78 is 5.43. The van der Waals surface area contributed by atoms with Crippen LogP contribution >= 0.6 is 46.6 Å². The second-order valence-electron chi connectivity index (χ2n) is 8.18. The number of nitrogens with one attached hydrogen (secondary N) is 1. The monoisotopic (exact) mass is 538 g/mol. The molecule has 0 aliphatic carbocycles. The molecule has 10 heteroatoms. The number of likely N-dealkylation sites (tertiary alicyclic amines) is 1. The third-order valence-electron chi connectivity index (χ3n) is 5.60. The summed E-state index contributed by atoms with van der Waals surface area (Å²) in [6.07, 6.45) is 1.84. The molecule has 180 valence electrons. The van der Waals surface area contributed by atoms with Gasteiger partial charge in [0.05, 0.1) is 12.5 Å². The van der Waals surface area contributed by atoms with Crippen molar-refractivity contribution >= 4 is 52.5 Å². The lowest BCUT2D eigenvalue weighted by Gasteiger charge is -2.30. The van der Waals surface area contributed by atoms with Crippen molar-refractivity contribution < 1.29 is 9.32 Å². The highest BCUT2D eigenvalue weighted by atomic mass is 35.5. The summed E-state index contributed by atoms with van der Waals surface area (Å²) in [5.41, 5.74) is 1.86. The highest BCUT2D eigenvalue weighted by Crippen LogP contribution is 2.25. The number of nitrogens with zero attached hydrogens (tertiary/aromatic N) is 3. The minimum Gasteiger partial charge on any atom is -0.355 e. The number of aromatic nitrogens is 2. The average Bonchev–Trinajstić information content (AvgIpc) is 3.28. The van der Waals surface area contributed by atoms with E-state index in [2.05, 4.69) is 20.4 Å². The van der Waals surface area contributed by atoms with Gasteiger partial charge in [-0.2, -0.15) is 16.7 Å². The smallest absolute Gasteiger partial charge is 0.241 e. The lowest BCUT2D eigenvalue weighted by Crippen LogP contribution is -2.43. The SMILES string of the molecule is O=C(NCCSCc1ccc(Cl)cc1Cl)C1CCCN(Cc2nc(-c3cccc(Cl)c3)no2)C1. The minimum absolute atomic E-state index is 0.0419. The molecule has 0 saturated carbocycles. The first-order valence-electron chi connectivity index (χ1n) is 11.1. The maximum Gasteiger partial charge on any atom is 0.241 e. The van der Waals surface area contributed by atoms with E-state index in [9.17, 15) is 4.79 Å². The van der Waals surface area contributed by atoms with E-state index in [-0.39, 0.29) is 11.8 Å². The highest BCUT2D eigenvalue weighted by molar-refractivity contribution is 7.98. The number of piperidine rings is 1. The molecule has 1 unspecified atom stereocenters. The fourth-order valence-corrected chi connectivity index (χ4v) is 5.49. The number of halogens is 3. The number of rotatable bonds is 9. The molecule has 34 heavy (non-hydrogen) atoms. The van der Waals surface area contributed by atoms with Crippen LogP contribution < -0.4 is 5.32 Å². The van der Waals surface area contributed by atoms with Crippen LogP contribution in [0.3, 0.4) is 0 Å². The Morgan fingerprint density at radius 2 is 2.03 bits per heavy atom. The van der Waals surface area contributed by atoms with E-state index in [1.165, 1.54) is 0 Å². The molecule has 3 aromatic rings. The molecule has 1 atom stereocenters. The first kappa shape index (κ1) is 25.3. The zero-order chi connectivity index (χ0) is 23.9. The molecule has 2 heterocycles. The van der Waals surface area contributed by atoms with Gasteiger partial charge in [0.25, 0.3) is 0 Å². The first-order chi connectivity index (χ1) is 16.5. The van der Waals surface area contributed by atoms with E-state index in [4.69, 9.17) is 39.3 Å². The third-order valence-corrected chi connectivity index (χ3v) is 7.43. The largest absolute Gasteiger partial charge is 0.355 e. The molecule has 6 nitrogen and oxygen atoms in total. The Morgan fingerprint density at radius 1 is 1.18 bits per heavy atom. The molecule has 0 spiro atoms. The van der Waals surface area contributed by atoms with Crippen LogP contribution in [-0.2, 0) is 17.1 Å². The summed E-state index contributed by atoms with van der Waals surface area (Å²) in [6.45, 7) is 2.72. The lowest BCUT2D eigenvalue weighted by atomic mass is 9.97. The molecular weight excluding hydrogens is 515 g/mol. The van der Waals surface area contributed by atoms with Gasteiger partial charge in [0, 0.05) is 45.2 Å². The number of amides is 1. The van der Waals surface area contributed by atoms with Crippen molar-refractivity contribution in [2.75, 3.05) is 25.4 Å². The van der Waals surface area contributed by atoms with Gasteiger partial charge < -0.3 is 9.84 Å². The Bertz CT molecular complexity index is 1130. The van der Waals surface area contributed by atoms with Crippen LogP contribution in [0.5, 0.6) is 0 Å². The van der Waals surface area contributed by atoms with E-state index in [1.54, 1.807) is 30.0 Å². The first-order valence-corrected chi connectivity index (χ1v) is 13.4. The summed E-state index contributed by atoms with van der Waals surface area (Å²) in [6, 6.07) is 12.9. The Hall–Kier alpha value is -1.77. The molecule has 1 saturated heterocycles. The molecule has 1 aliphatic heterocycles. The van der Waals surface area contributed by atoms with Crippen molar-refractivity contribution in [3.8, 4) is 11.4 Å². The van der Waals surface area contributed by atoms with Crippen molar-refractivity contribution in [2.45, 2.75) is 25.1 Å². The molecule has 0 radical (unpaired) electrons. The standard InChI is InChI=1S/C24H25Cl3N4O2S/c25-19-5-1-3-16(11-19)23-29-22(33-30-23)14-31-9-2-4-17(13-31)24(32)28-8-10-34-15-18-6-7-20(26)12-21(18)27/h1,3,5-7,11-12,17H,2,4,8-10,13-15H2,(H,28,32). The van der Waals surface area contributed by atoms with Gasteiger partial charge in [-0.1, -0.05) is 58.2 Å². The minimum atomic E-state index is -0.0419. The lowest BCUT2D eigenvalue weighted by molar-refractivity contribution is -0.126. The van der Waals surface area contributed by atoms with Gasteiger partial charge in [-0.3, -0.25) is 9.69 Å². The third kappa shape index (κ3) is 7.12. The number of hydrogen-bond acceptors (Lipinski definition) is 6. The number of thioether (sulfide) groups is 1. The maximum absolute atomic E-state index is 12.7. The van der Waals surface area contributed by atoms with E-state index in [0.717, 1.165) is 42.0 Å². The van der Waals surface area contributed by atoms with Crippen LogP contribution in [-0.4, -0.2) is 46.3 Å². The second kappa shape index (κ2) is 12.3. The number of carbonyl (C=O) groups is 1. The predicted molar refractivity (Wildman–Crippen MR) is 138 cm³/mol. The molecular formula is C24H25Cl3N4O2S. The summed E-state index contributed by atoms with van der Waals surface area (Å²) >= 11 is 19.9. The fourth-order valence-electron chi connectivity index (χ4n) is 3.88. The topological polar surface area (TPSA) is 71.3 Å². The molecule has 1 aliphatic rings. The van der Waals surface area contributed by atoms with E-state index < -0.39 is 0 Å². The Kier molecular flexibility index (Phi) is 9.14. The Labute approximate surface area is 218 Å². The molecule has 4 rings (SSSR count). The van der Waals surface area contributed by atoms with Crippen molar-refractivity contribution in [1.29, 1.82) is 0 Å². The normalized spacial score (nSPS) is 16.5. The van der Waals surface area contributed by atoms with Crippen LogP contribution in [0.25, 0.3) is 11.4 Å². The van der Waals surface area contributed by atoms with Crippen molar-refractivity contribution in [1.82, 2.24) is 20.4 Å². The maximum atomic E-state index is 12.7. The quantitative estimate of drug-likeness (QED) is 0.338. The predicted octanol–water partition coefficient (Wildman–Crippen LogP) is 5.96. The van der Waals surface area contributed by atoms with Crippen molar-refractivity contribution in [2.24, 2.45) is 5.92 Å². The van der Waals surface area contributed by atoms with Crippen molar-refractivity contribution in [3.05, 3.63) is 69.0 Å². The number of carbonyl (C=O) groups excluding carboxylic acids is 1. The van der Waals surface area contributed by atoms with E-state index in [1.807, 2.05) is 24.3 Å². The number of hydrogen-bond donors (Lipinski definition) is 1. The van der Waals surface area contributed by atoms with Gasteiger partial charge in [0.2, 0.25) is 17.6 Å². The van der Waals surface area contributed by atoms with Gasteiger partial charge in [-0.25, -0.2) is 0 Å². The molecule has 0 bridgehead atoms. The van der Waals surface area contributed by atoms with Gasteiger partial charge in [-0.05, 0) is 49.2 Å². The number of benzene rings is 2. The zero-order valence-corrected chi connectivity index (χ0v) is 21.6. The Balaban J connectivity index is 1.20. The molecule has 2 aromatic carbocycles. The molecule has 1 fully saturated rings. The van der Waals surface area contributed by atoms with Gasteiger partial charge >= 0.3 is 0 Å². The molecule has 1 aromatic heterocycles. The molecule has 1 amide bonds. The zero-order valence-electron chi connectivity index (χ0n) is 18.5. The van der Waals surface area contributed by atoms with Crippen molar-refractivity contribution in [3.63, 3.8) is 0 Å². The molecule has 1 N–H and O–H groups in total.